The summed E-state index contributed by atoms with van der Waals surface area (Å²) in [5.74, 6) is 0.0465. The second kappa shape index (κ2) is 5.77. The fraction of sp³-hybridized carbons (Fsp3) is 0.438. The number of aromatic amines is 1. The van der Waals surface area contributed by atoms with Crippen LogP contribution in [0, 0.1) is 0 Å². The van der Waals surface area contributed by atoms with Crippen LogP contribution in [0.25, 0.3) is 10.9 Å². The molecule has 0 bridgehead atoms. The van der Waals surface area contributed by atoms with Crippen LogP contribution in [0.1, 0.15) is 36.2 Å². The number of rotatable bonds is 4. The minimum atomic E-state index is 0.0465. The minimum Gasteiger partial charge on any atom is -0.399 e. The lowest BCUT2D eigenvalue weighted by molar-refractivity contribution is 0.0719. The number of carbonyl (C=O) groups excluding carboxylic acids is 1. The Bertz CT molecular complexity index is 650. The highest BCUT2D eigenvalue weighted by Crippen LogP contribution is 2.25. The highest BCUT2D eigenvalue weighted by atomic mass is 16.3. The monoisotopic (exact) mass is 287 g/mol. The lowest BCUT2D eigenvalue weighted by Gasteiger charge is -2.24. The Morgan fingerprint density at radius 2 is 2.29 bits per heavy atom. The molecular formula is C16H21N3O2. The van der Waals surface area contributed by atoms with Gasteiger partial charge >= 0.3 is 0 Å². The van der Waals surface area contributed by atoms with Crippen molar-refractivity contribution in [1.29, 1.82) is 0 Å². The van der Waals surface area contributed by atoms with Gasteiger partial charge < -0.3 is 20.7 Å². The van der Waals surface area contributed by atoms with Crippen LogP contribution in [0.15, 0.2) is 24.3 Å². The van der Waals surface area contributed by atoms with Gasteiger partial charge in [-0.2, -0.15) is 0 Å². The summed E-state index contributed by atoms with van der Waals surface area (Å²) in [5, 5.41) is 9.93. The molecule has 1 atom stereocenters. The summed E-state index contributed by atoms with van der Waals surface area (Å²) in [4.78, 5) is 17.8. The third-order valence-electron chi connectivity index (χ3n) is 4.21. The fourth-order valence-corrected chi connectivity index (χ4v) is 3.15. The SMILES string of the molecule is Nc1ccc2[nH]c(C(=O)N3CCCC3CCCO)cc2c1. The zero-order valence-corrected chi connectivity index (χ0v) is 12.0. The first-order valence-corrected chi connectivity index (χ1v) is 7.49. The molecule has 1 fully saturated rings. The topological polar surface area (TPSA) is 82.4 Å². The van der Waals surface area contributed by atoms with Gasteiger partial charge in [-0.25, -0.2) is 0 Å². The molecule has 1 aromatic heterocycles. The highest BCUT2D eigenvalue weighted by molar-refractivity contribution is 5.98. The number of benzene rings is 1. The van der Waals surface area contributed by atoms with Gasteiger partial charge in [0.1, 0.15) is 5.69 Å². The fourth-order valence-electron chi connectivity index (χ4n) is 3.15. The number of likely N-dealkylation sites (tertiary alicyclic amines) is 1. The number of aliphatic hydroxyl groups is 1. The Kier molecular flexibility index (Phi) is 3.84. The van der Waals surface area contributed by atoms with E-state index in [2.05, 4.69) is 4.98 Å². The molecule has 4 N–H and O–H groups in total. The number of nitrogens with zero attached hydrogens (tertiary/aromatic N) is 1. The van der Waals surface area contributed by atoms with E-state index in [1.165, 1.54) is 0 Å². The molecule has 5 nitrogen and oxygen atoms in total. The van der Waals surface area contributed by atoms with E-state index < -0.39 is 0 Å². The van der Waals surface area contributed by atoms with Gasteiger partial charge in [-0.3, -0.25) is 4.79 Å². The van der Waals surface area contributed by atoms with Crippen LogP contribution >= 0.6 is 0 Å². The Balaban J connectivity index is 1.82. The van der Waals surface area contributed by atoms with E-state index in [9.17, 15) is 4.79 Å². The molecule has 21 heavy (non-hydrogen) atoms. The molecule has 0 saturated carbocycles. The predicted molar refractivity (Wildman–Crippen MR) is 83.1 cm³/mol. The zero-order valence-electron chi connectivity index (χ0n) is 12.0. The predicted octanol–water partition coefficient (Wildman–Crippen LogP) is 2.13. The second-order valence-corrected chi connectivity index (χ2v) is 5.69. The van der Waals surface area contributed by atoms with Crippen molar-refractivity contribution in [3.05, 3.63) is 30.0 Å². The van der Waals surface area contributed by atoms with Crippen molar-refractivity contribution in [1.82, 2.24) is 9.88 Å². The average Bonchev–Trinajstić information content (AvgIpc) is 3.10. The summed E-state index contributed by atoms with van der Waals surface area (Å²) in [7, 11) is 0. The summed E-state index contributed by atoms with van der Waals surface area (Å²) >= 11 is 0. The summed E-state index contributed by atoms with van der Waals surface area (Å²) in [5.41, 5.74) is 8.02. The maximum absolute atomic E-state index is 12.7. The van der Waals surface area contributed by atoms with Crippen molar-refractivity contribution in [3.63, 3.8) is 0 Å². The first-order valence-electron chi connectivity index (χ1n) is 7.49. The van der Waals surface area contributed by atoms with Gasteiger partial charge in [-0.1, -0.05) is 0 Å². The summed E-state index contributed by atoms with van der Waals surface area (Å²) in [6.45, 7) is 0.983. The molecule has 1 saturated heterocycles. The van der Waals surface area contributed by atoms with Crippen LogP contribution in [0.3, 0.4) is 0 Å². The molecule has 112 valence electrons. The van der Waals surface area contributed by atoms with E-state index in [-0.39, 0.29) is 18.6 Å². The number of anilines is 1. The molecular weight excluding hydrogens is 266 g/mol. The van der Waals surface area contributed by atoms with E-state index in [4.69, 9.17) is 10.8 Å². The van der Waals surface area contributed by atoms with Crippen molar-refractivity contribution in [2.45, 2.75) is 31.7 Å². The second-order valence-electron chi connectivity index (χ2n) is 5.69. The minimum absolute atomic E-state index is 0.0465. The summed E-state index contributed by atoms with van der Waals surface area (Å²) in [6, 6.07) is 7.72. The standard InChI is InChI=1S/C16H21N3O2/c17-12-5-6-14-11(9-12)10-15(18-14)16(21)19-7-1-3-13(19)4-2-8-20/h5-6,9-10,13,18,20H,1-4,7-8,17H2. The van der Waals surface area contributed by atoms with Crippen LogP contribution in [-0.4, -0.2) is 40.1 Å². The third kappa shape index (κ3) is 2.74. The maximum Gasteiger partial charge on any atom is 0.270 e. The number of fused-ring (bicyclic) bond motifs is 1. The smallest absolute Gasteiger partial charge is 0.270 e. The number of nitrogens with two attached hydrogens (primary N) is 1. The highest BCUT2D eigenvalue weighted by Gasteiger charge is 2.29. The van der Waals surface area contributed by atoms with Crippen LogP contribution in [0.4, 0.5) is 5.69 Å². The number of aliphatic hydroxyl groups excluding tert-OH is 1. The Morgan fingerprint density at radius 1 is 1.43 bits per heavy atom. The Hall–Kier alpha value is -2.01. The number of amides is 1. The van der Waals surface area contributed by atoms with Crippen LogP contribution < -0.4 is 5.73 Å². The number of hydrogen-bond donors (Lipinski definition) is 3. The molecule has 5 heteroatoms. The number of carbonyl (C=O) groups is 1. The van der Waals surface area contributed by atoms with Crippen LogP contribution in [0.5, 0.6) is 0 Å². The first kappa shape index (κ1) is 13.9. The first-order chi connectivity index (χ1) is 10.2. The van der Waals surface area contributed by atoms with Gasteiger partial charge in [0, 0.05) is 35.8 Å². The van der Waals surface area contributed by atoms with Gasteiger partial charge in [0.25, 0.3) is 5.91 Å². The molecule has 1 aliphatic heterocycles. The van der Waals surface area contributed by atoms with Crippen molar-refractivity contribution in [3.8, 4) is 0 Å². The van der Waals surface area contributed by atoms with E-state index in [1.807, 2.05) is 29.2 Å². The Morgan fingerprint density at radius 3 is 3.10 bits per heavy atom. The van der Waals surface area contributed by atoms with Gasteiger partial charge in [0.2, 0.25) is 0 Å². The molecule has 2 heterocycles. The third-order valence-corrected chi connectivity index (χ3v) is 4.21. The normalized spacial score (nSPS) is 18.5. The lowest BCUT2D eigenvalue weighted by Crippen LogP contribution is -2.35. The van der Waals surface area contributed by atoms with Crippen LogP contribution in [0.2, 0.25) is 0 Å². The maximum atomic E-state index is 12.7. The van der Waals surface area contributed by atoms with Crippen molar-refractivity contribution < 1.29 is 9.90 Å². The zero-order chi connectivity index (χ0) is 14.8. The summed E-state index contributed by atoms with van der Waals surface area (Å²) in [6.07, 6.45) is 3.68. The summed E-state index contributed by atoms with van der Waals surface area (Å²) < 4.78 is 0. The van der Waals surface area contributed by atoms with Crippen molar-refractivity contribution in [2.24, 2.45) is 0 Å². The lowest BCUT2D eigenvalue weighted by atomic mass is 10.1. The van der Waals surface area contributed by atoms with Gasteiger partial charge in [0.05, 0.1) is 0 Å². The van der Waals surface area contributed by atoms with Gasteiger partial charge in [0.15, 0.2) is 0 Å². The number of aromatic nitrogens is 1. The van der Waals surface area contributed by atoms with E-state index >= 15 is 0 Å². The molecule has 1 unspecified atom stereocenters. The number of nitrogens with one attached hydrogen (secondary N) is 1. The molecule has 1 aliphatic rings. The molecule has 0 spiro atoms. The van der Waals surface area contributed by atoms with Crippen molar-refractivity contribution in [2.75, 3.05) is 18.9 Å². The van der Waals surface area contributed by atoms with E-state index in [0.29, 0.717) is 11.4 Å². The van der Waals surface area contributed by atoms with E-state index in [0.717, 1.165) is 43.1 Å². The van der Waals surface area contributed by atoms with E-state index in [1.54, 1.807) is 0 Å². The molecule has 0 radical (unpaired) electrons. The van der Waals surface area contributed by atoms with Gasteiger partial charge in [-0.05, 0) is 49.9 Å². The quantitative estimate of drug-likeness (QED) is 0.753. The number of hydrogen-bond acceptors (Lipinski definition) is 3. The van der Waals surface area contributed by atoms with Crippen molar-refractivity contribution >= 4 is 22.5 Å². The number of nitrogen functional groups attached to an aromatic ring is 1. The Labute approximate surface area is 123 Å². The molecule has 0 aliphatic carbocycles. The molecule has 3 rings (SSSR count). The molecule has 2 aromatic rings. The molecule has 1 aromatic carbocycles. The van der Waals surface area contributed by atoms with Crippen LogP contribution in [-0.2, 0) is 0 Å². The molecule has 1 amide bonds. The largest absolute Gasteiger partial charge is 0.399 e. The average molecular weight is 287 g/mol. The number of H-pyrrole nitrogens is 1. The van der Waals surface area contributed by atoms with Gasteiger partial charge in [-0.15, -0.1) is 0 Å².